The number of ether oxygens (including phenoxy) is 3. The van der Waals surface area contributed by atoms with Crippen molar-refractivity contribution < 1.29 is 23.8 Å². The number of benzene rings is 3. The van der Waals surface area contributed by atoms with Gasteiger partial charge in [-0.05, 0) is 54.5 Å². The van der Waals surface area contributed by atoms with E-state index in [1.807, 2.05) is 67.6 Å². The molecule has 0 aromatic heterocycles. The molecule has 0 saturated carbocycles. The fourth-order valence-electron chi connectivity index (χ4n) is 3.68. The van der Waals surface area contributed by atoms with Gasteiger partial charge in [0.05, 0.1) is 5.56 Å². The first-order valence-electron chi connectivity index (χ1n) is 10.6. The second-order valence-corrected chi connectivity index (χ2v) is 7.71. The van der Waals surface area contributed by atoms with Crippen LogP contribution in [-0.4, -0.2) is 17.9 Å². The fourth-order valence-corrected chi connectivity index (χ4v) is 3.68. The summed E-state index contributed by atoms with van der Waals surface area (Å²) in [4.78, 5) is 25.0. The highest BCUT2D eigenvalue weighted by Gasteiger charge is 2.29. The van der Waals surface area contributed by atoms with E-state index in [1.165, 1.54) is 6.08 Å². The number of rotatable bonds is 4. The van der Waals surface area contributed by atoms with Crippen molar-refractivity contribution in [3.63, 3.8) is 0 Å². The summed E-state index contributed by atoms with van der Waals surface area (Å²) in [5.41, 5.74) is 3.10. The number of hydrogen-bond acceptors (Lipinski definition) is 5. The minimum atomic E-state index is -0.518. The maximum absolute atomic E-state index is 12.8. The molecule has 0 amide bonds. The number of para-hydroxylation sites is 1. The molecular weight excluding hydrogens is 416 g/mol. The molecular formula is C28H20O5. The van der Waals surface area contributed by atoms with Crippen molar-refractivity contribution in [3.05, 3.63) is 113 Å². The second kappa shape index (κ2) is 8.63. The van der Waals surface area contributed by atoms with E-state index in [9.17, 15) is 9.59 Å². The van der Waals surface area contributed by atoms with Crippen LogP contribution in [0.2, 0.25) is 0 Å². The highest BCUT2D eigenvalue weighted by molar-refractivity contribution is 6.12. The van der Waals surface area contributed by atoms with Crippen molar-refractivity contribution in [2.24, 2.45) is 0 Å². The third-order valence-corrected chi connectivity index (χ3v) is 5.38. The number of carbonyl (C=O) groups is 2. The number of allylic oxidation sites excluding steroid dienone is 1. The lowest BCUT2D eigenvalue weighted by Gasteiger charge is -2.22. The Morgan fingerprint density at radius 2 is 1.76 bits per heavy atom. The molecule has 0 aliphatic carbocycles. The van der Waals surface area contributed by atoms with E-state index in [0.717, 1.165) is 22.4 Å². The molecule has 2 heterocycles. The van der Waals surface area contributed by atoms with E-state index in [2.05, 4.69) is 0 Å². The average Bonchev–Trinajstić information content (AvgIpc) is 3.13. The summed E-state index contributed by atoms with van der Waals surface area (Å²) in [5, 5.41) is 0. The molecule has 0 N–H and O–H groups in total. The van der Waals surface area contributed by atoms with Crippen LogP contribution in [0.4, 0.5) is 0 Å². The molecule has 0 saturated heterocycles. The van der Waals surface area contributed by atoms with E-state index < -0.39 is 5.97 Å². The zero-order chi connectivity index (χ0) is 22.8. The molecule has 3 aromatic rings. The zero-order valence-corrected chi connectivity index (χ0v) is 17.9. The number of hydrogen-bond donors (Lipinski definition) is 0. The second-order valence-electron chi connectivity index (χ2n) is 7.71. The van der Waals surface area contributed by atoms with Crippen LogP contribution in [0.3, 0.4) is 0 Å². The first-order chi connectivity index (χ1) is 16.1. The van der Waals surface area contributed by atoms with Crippen molar-refractivity contribution in [1.82, 2.24) is 0 Å². The minimum absolute atomic E-state index is 0.207. The molecule has 0 radical (unpaired) electrons. The third kappa shape index (κ3) is 4.34. The summed E-state index contributed by atoms with van der Waals surface area (Å²) in [6.45, 7) is 1.92. The normalized spacial score (nSPS) is 17.7. The first-order valence-corrected chi connectivity index (χ1v) is 10.6. The van der Waals surface area contributed by atoms with Gasteiger partial charge in [0.15, 0.2) is 5.76 Å². The zero-order valence-electron chi connectivity index (χ0n) is 17.9. The van der Waals surface area contributed by atoms with Crippen LogP contribution in [-0.2, 0) is 4.79 Å². The van der Waals surface area contributed by atoms with Gasteiger partial charge in [-0.2, -0.15) is 0 Å². The van der Waals surface area contributed by atoms with Crippen LogP contribution in [0.25, 0.3) is 12.2 Å². The molecule has 1 atom stereocenters. The number of ketones is 1. The molecule has 5 nitrogen and oxygen atoms in total. The molecule has 0 unspecified atom stereocenters. The Morgan fingerprint density at radius 1 is 0.970 bits per heavy atom. The molecule has 5 rings (SSSR count). The van der Waals surface area contributed by atoms with Gasteiger partial charge in [-0.1, -0.05) is 48.5 Å². The van der Waals surface area contributed by atoms with Crippen molar-refractivity contribution in [2.45, 2.75) is 13.0 Å². The van der Waals surface area contributed by atoms with Gasteiger partial charge in [0.1, 0.15) is 23.4 Å². The summed E-state index contributed by atoms with van der Waals surface area (Å²) < 4.78 is 17.1. The van der Waals surface area contributed by atoms with E-state index in [-0.39, 0.29) is 17.6 Å². The molecule has 33 heavy (non-hydrogen) atoms. The van der Waals surface area contributed by atoms with Gasteiger partial charge in [-0.25, -0.2) is 4.79 Å². The van der Waals surface area contributed by atoms with Gasteiger partial charge in [0.25, 0.3) is 0 Å². The minimum Gasteiger partial charge on any atom is -0.485 e. The van der Waals surface area contributed by atoms with Crippen LogP contribution < -0.4 is 14.2 Å². The van der Waals surface area contributed by atoms with Gasteiger partial charge in [0.2, 0.25) is 5.78 Å². The van der Waals surface area contributed by atoms with Gasteiger partial charge >= 0.3 is 5.97 Å². The Labute approximate surface area is 191 Å². The molecule has 0 bridgehead atoms. The molecule has 3 aromatic carbocycles. The standard InChI is InChI=1S/C28H20O5/c1-18-21(15-20-9-5-6-10-24(20)31-18)16-26-28(30)23-13-12-22(17-25(23)33-26)32-27(29)14-11-19-7-3-2-4-8-19/h2-18H,1H3/b14-11+,26-16-/t18-/m0/s1. The van der Waals surface area contributed by atoms with Gasteiger partial charge in [-0.15, -0.1) is 0 Å². The highest BCUT2D eigenvalue weighted by Crippen LogP contribution is 2.36. The maximum Gasteiger partial charge on any atom is 0.336 e. The number of esters is 1. The van der Waals surface area contributed by atoms with Crippen molar-refractivity contribution >= 4 is 23.9 Å². The summed E-state index contributed by atoms with van der Waals surface area (Å²) in [7, 11) is 0. The van der Waals surface area contributed by atoms with E-state index in [1.54, 1.807) is 30.4 Å². The average molecular weight is 436 g/mol. The SMILES string of the molecule is C[C@@H]1Oc2ccccc2C=C1/C=C1\Oc2cc(OC(=O)/C=C/c3ccccc3)ccc2C1=O. The van der Waals surface area contributed by atoms with Gasteiger partial charge in [-0.3, -0.25) is 4.79 Å². The van der Waals surface area contributed by atoms with Gasteiger partial charge < -0.3 is 14.2 Å². The van der Waals surface area contributed by atoms with E-state index in [4.69, 9.17) is 14.2 Å². The maximum atomic E-state index is 12.8. The largest absolute Gasteiger partial charge is 0.485 e. The number of fused-ring (bicyclic) bond motifs is 2. The van der Waals surface area contributed by atoms with Crippen LogP contribution in [0.5, 0.6) is 17.2 Å². The quantitative estimate of drug-likeness (QED) is 0.301. The molecule has 0 spiro atoms. The summed E-state index contributed by atoms with van der Waals surface area (Å²) in [6, 6.07) is 21.9. The Morgan fingerprint density at radius 3 is 2.61 bits per heavy atom. The molecule has 0 fully saturated rings. The van der Waals surface area contributed by atoms with Crippen molar-refractivity contribution in [3.8, 4) is 17.2 Å². The van der Waals surface area contributed by atoms with E-state index in [0.29, 0.717) is 17.1 Å². The number of Topliss-reactive ketones (excluding diaryl/α,β-unsaturated/α-hetero) is 1. The summed E-state index contributed by atoms with van der Waals surface area (Å²) >= 11 is 0. The third-order valence-electron chi connectivity index (χ3n) is 5.38. The highest BCUT2D eigenvalue weighted by atomic mass is 16.5. The lowest BCUT2D eigenvalue weighted by Crippen LogP contribution is -2.18. The number of carbonyl (C=O) groups excluding carboxylic acids is 2. The Kier molecular flexibility index (Phi) is 5.37. The van der Waals surface area contributed by atoms with Crippen LogP contribution >= 0.6 is 0 Å². The predicted octanol–water partition coefficient (Wildman–Crippen LogP) is 5.63. The van der Waals surface area contributed by atoms with E-state index >= 15 is 0 Å². The first kappa shape index (κ1) is 20.5. The van der Waals surface area contributed by atoms with Crippen LogP contribution in [0, 0.1) is 0 Å². The Balaban J connectivity index is 1.33. The summed E-state index contributed by atoms with van der Waals surface area (Å²) in [6.07, 6.45) is 6.50. The topological polar surface area (TPSA) is 61.8 Å². The Hall–Kier alpha value is -4.38. The van der Waals surface area contributed by atoms with Crippen molar-refractivity contribution in [2.75, 3.05) is 0 Å². The fraction of sp³-hybridized carbons (Fsp3) is 0.0714. The van der Waals surface area contributed by atoms with Gasteiger partial charge in [0, 0.05) is 17.7 Å². The lowest BCUT2D eigenvalue weighted by atomic mass is 10.0. The smallest absolute Gasteiger partial charge is 0.336 e. The monoisotopic (exact) mass is 436 g/mol. The summed E-state index contributed by atoms with van der Waals surface area (Å²) in [5.74, 6) is 0.928. The lowest BCUT2D eigenvalue weighted by molar-refractivity contribution is -0.128. The van der Waals surface area contributed by atoms with Crippen LogP contribution in [0.1, 0.15) is 28.4 Å². The molecule has 5 heteroatoms. The van der Waals surface area contributed by atoms with Crippen LogP contribution in [0.15, 0.2) is 96.3 Å². The van der Waals surface area contributed by atoms with Crippen molar-refractivity contribution in [1.29, 1.82) is 0 Å². The Bertz CT molecular complexity index is 1330. The molecule has 2 aliphatic rings. The molecule has 162 valence electrons. The molecule has 2 aliphatic heterocycles. The predicted molar refractivity (Wildman–Crippen MR) is 125 cm³/mol.